The fourth-order valence-electron chi connectivity index (χ4n) is 2.87. The second-order valence-electron chi connectivity index (χ2n) is 5.57. The van der Waals surface area contributed by atoms with Crippen molar-refractivity contribution in [3.8, 4) is 0 Å². The van der Waals surface area contributed by atoms with E-state index in [0.717, 1.165) is 30.4 Å². The van der Waals surface area contributed by atoms with Gasteiger partial charge in [0.15, 0.2) is 0 Å². The van der Waals surface area contributed by atoms with E-state index < -0.39 is 0 Å². The standard InChI is InChI=1S/C15H25N3/c1-11-5-4-7-18(8-6-11)15-9-12(2)17-13(3)14(15)10-16/h9,11H,4-8,10,16H2,1-3H3. The third-order valence-corrected chi connectivity index (χ3v) is 4.00. The van der Waals surface area contributed by atoms with Crippen LogP contribution < -0.4 is 10.6 Å². The van der Waals surface area contributed by atoms with Crippen molar-refractivity contribution in [2.45, 2.75) is 46.6 Å². The number of hydrogen-bond donors (Lipinski definition) is 1. The van der Waals surface area contributed by atoms with Gasteiger partial charge in [0, 0.05) is 42.3 Å². The van der Waals surface area contributed by atoms with Gasteiger partial charge in [0.05, 0.1) is 0 Å². The Morgan fingerprint density at radius 1 is 1.33 bits per heavy atom. The molecule has 0 spiro atoms. The Labute approximate surface area is 110 Å². The average Bonchev–Trinajstić information content (AvgIpc) is 2.53. The normalized spacial score (nSPS) is 20.9. The minimum Gasteiger partial charge on any atom is -0.371 e. The third-order valence-electron chi connectivity index (χ3n) is 4.00. The quantitative estimate of drug-likeness (QED) is 0.874. The zero-order valence-corrected chi connectivity index (χ0v) is 11.9. The largest absolute Gasteiger partial charge is 0.371 e. The predicted octanol–water partition coefficient (Wildman–Crippen LogP) is 2.78. The molecule has 1 atom stereocenters. The van der Waals surface area contributed by atoms with Gasteiger partial charge in [-0.3, -0.25) is 4.98 Å². The van der Waals surface area contributed by atoms with Crippen molar-refractivity contribution in [1.82, 2.24) is 4.98 Å². The summed E-state index contributed by atoms with van der Waals surface area (Å²) in [5.41, 5.74) is 10.6. The van der Waals surface area contributed by atoms with Crippen LogP contribution in [0.25, 0.3) is 0 Å². The first-order chi connectivity index (χ1) is 8.61. The number of anilines is 1. The molecule has 3 heteroatoms. The first-order valence-corrected chi connectivity index (χ1v) is 7.04. The molecule has 0 saturated carbocycles. The summed E-state index contributed by atoms with van der Waals surface area (Å²) in [5, 5.41) is 0. The molecule has 0 radical (unpaired) electrons. The summed E-state index contributed by atoms with van der Waals surface area (Å²) in [6.07, 6.45) is 3.91. The highest BCUT2D eigenvalue weighted by Gasteiger charge is 2.18. The van der Waals surface area contributed by atoms with Crippen LogP contribution in [0.1, 0.15) is 43.1 Å². The molecule has 18 heavy (non-hydrogen) atoms. The molecule has 1 aliphatic heterocycles. The first-order valence-electron chi connectivity index (χ1n) is 7.04. The molecule has 2 rings (SSSR count). The molecule has 1 unspecified atom stereocenters. The molecule has 0 aromatic carbocycles. The Kier molecular flexibility index (Phi) is 4.23. The number of nitrogens with zero attached hydrogens (tertiary/aromatic N) is 2. The molecule has 0 aliphatic carbocycles. The number of nitrogens with two attached hydrogens (primary N) is 1. The Balaban J connectivity index is 2.31. The maximum atomic E-state index is 5.91. The van der Waals surface area contributed by atoms with Crippen molar-refractivity contribution in [1.29, 1.82) is 0 Å². The van der Waals surface area contributed by atoms with E-state index in [1.165, 1.54) is 30.5 Å². The van der Waals surface area contributed by atoms with Crippen LogP contribution in [-0.2, 0) is 6.54 Å². The second kappa shape index (κ2) is 5.70. The van der Waals surface area contributed by atoms with E-state index in [2.05, 4.69) is 36.7 Å². The fraction of sp³-hybridized carbons (Fsp3) is 0.667. The van der Waals surface area contributed by atoms with E-state index in [-0.39, 0.29) is 0 Å². The van der Waals surface area contributed by atoms with Gasteiger partial charge in [0.25, 0.3) is 0 Å². The van der Waals surface area contributed by atoms with Crippen LogP contribution in [0.15, 0.2) is 6.07 Å². The molecule has 2 heterocycles. The summed E-state index contributed by atoms with van der Waals surface area (Å²) in [6, 6.07) is 2.20. The Hall–Kier alpha value is -1.09. The molecule has 1 saturated heterocycles. The molecule has 1 aliphatic rings. The summed E-state index contributed by atoms with van der Waals surface area (Å²) in [4.78, 5) is 7.04. The predicted molar refractivity (Wildman–Crippen MR) is 76.8 cm³/mol. The lowest BCUT2D eigenvalue weighted by Gasteiger charge is -2.26. The molecule has 3 nitrogen and oxygen atoms in total. The van der Waals surface area contributed by atoms with Crippen LogP contribution >= 0.6 is 0 Å². The Bertz CT molecular complexity index is 414. The third kappa shape index (κ3) is 2.83. The number of aryl methyl sites for hydroxylation is 2. The van der Waals surface area contributed by atoms with Gasteiger partial charge in [-0.15, -0.1) is 0 Å². The minimum absolute atomic E-state index is 0.584. The zero-order chi connectivity index (χ0) is 13.1. The van der Waals surface area contributed by atoms with Crippen molar-refractivity contribution in [2.75, 3.05) is 18.0 Å². The second-order valence-corrected chi connectivity index (χ2v) is 5.57. The van der Waals surface area contributed by atoms with Crippen molar-refractivity contribution in [3.05, 3.63) is 23.0 Å². The van der Waals surface area contributed by atoms with Gasteiger partial charge in [-0.1, -0.05) is 6.92 Å². The molecule has 1 fully saturated rings. The minimum atomic E-state index is 0.584. The van der Waals surface area contributed by atoms with E-state index >= 15 is 0 Å². The fourth-order valence-corrected chi connectivity index (χ4v) is 2.87. The van der Waals surface area contributed by atoms with Crippen LogP contribution in [0.3, 0.4) is 0 Å². The number of rotatable bonds is 2. The van der Waals surface area contributed by atoms with Gasteiger partial charge in [0.1, 0.15) is 0 Å². The topological polar surface area (TPSA) is 42.1 Å². The highest BCUT2D eigenvalue weighted by atomic mass is 15.1. The monoisotopic (exact) mass is 247 g/mol. The molecule has 0 bridgehead atoms. The lowest BCUT2D eigenvalue weighted by molar-refractivity contribution is 0.521. The Morgan fingerprint density at radius 3 is 2.83 bits per heavy atom. The molecule has 1 aromatic heterocycles. The van der Waals surface area contributed by atoms with E-state index in [0.29, 0.717) is 6.54 Å². The highest BCUT2D eigenvalue weighted by molar-refractivity contribution is 5.56. The van der Waals surface area contributed by atoms with Gasteiger partial charge in [0.2, 0.25) is 0 Å². The maximum Gasteiger partial charge on any atom is 0.0448 e. The van der Waals surface area contributed by atoms with Gasteiger partial charge in [-0.2, -0.15) is 0 Å². The number of hydrogen-bond acceptors (Lipinski definition) is 3. The summed E-state index contributed by atoms with van der Waals surface area (Å²) >= 11 is 0. The highest BCUT2D eigenvalue weighted by Crippen LogP contribution is 2.27. The molecule has 2 N–H and O–H groups in total. The summed E-state index contributed by atoms with van der Waals surface area (Å²) in [7, 11) is 0. The zero-order valence-electron chi connectivity index (χ0n) is 11.9. The van der Waals surface area contributed by atoms with Gasteiger partial charge in [-0.05, 0) is 45.1 Å². The van der Waals surface area contributed by atoms with Crippen LogP contribution in [0.4, 0.5) is 5.69 Å². The van der Waals surface area contributed by atoms with Crippen molar-refractivity contribution in [3.63, 3.8) is 0 Å². The van der Waals surface area contributed by atoms with Gasteiger partial charge < -0.3 is 10.6 Å². The van der Waals surface area contributed by atoms with Crippen molar-refractivity contribution >= 4 is 5.69 Å². The SMILES string of the molecule is Cc1cc(N2CCCC(C)CC2)c(CN)c(C)n1. The van der Waals surface area contributed by atoms with Crippen LogP contribution in [0.5, 0.6) is 0 Å². The lowest BCUT2D eigenvalue weighted by atomic mass is 10.0. The summed E-state index contributed by atoms with van der Waals surface area (Å²) in [6.45, 7) is 9.38. The van der Waals surface area contributed by atoms with Crippen LogP contribution in [0, 0.1) is 19.8 Å². The molecule has 100 valence electrons. The van der Waals surface area contributed by atoms with Crippen LogP contribution in [0.2, 0.25) is 0 Å². The first kappa shape index (κ1) is 13.3. The molecular weight excluding hydrogens is 222 g/mol. The number of aromatic nitrogens is 1. The average molecular weight is 247 g/mol. The lowest BCUT2D eigenvalue weighted by Crippen LogP contribution is -2.26. The summed E-state index contributed by atoms with van der Waals surface area (Å²) < 4.78 is 0. The van der Waals surface area contributed by atoms with Crippen molar-refractivity contribution in [2.24, 2.45) is 11.7 Å². The smallest absolute Gasteiger partial charge is 0.0448 e. The van der Waals surface area contributed by atoms with Gasteiger partial charge >= 0.3 is 0 Å². The van der Waals surface area contributed by atoms with Crippen molar-refractivity contribution < 1.29 is 0 Å². The van der Waals surface area contributed by atoms with E-state index in [1.807, 2.05) is 0 Å². The summed E-state index contributed by atoms with van der Waals surface area (Å²) in [5.74, 6) is 0.848. The van der Waals surface area contributed by atoms with Gasteiger partial charge in [-0.25, -0.2) is 0 Å². The Morgan fingerprint density at radius 2 is 2.11 bits per heavy atom. The molecule has 1 aromatic rings. The van der Waals surface area contributed by atoms with E-state index in [4.69, 9.17) is 5.73 Å². The van der Waals surface area contributed by atoms with Crippen LogP contribution in [-0.4, -0.2) is 18.1 Å². The van der Waals surface area contributed by atoms with E-state index in [1.54, 1.807) is 0 Å². The maximum absolute atomic E-state index is 5.91. The number of pyridine rings is 1. The molecule has 0 amide bonds. The van der Waals surface area contributed by atoms with E-state index in [9.17, 15) is 0 Å². The molecular formula is C15H25N3.